The number of amidine groups is 1. The van der Waals surface area contributed by atoms with Crippen LogP contribution in [0.2, 0.25) is 0 Å². The zero-order valence-electron chi connectivity index (χ0n) is 11.9. The Morgan fingerprint density at radius 3 is 2.62 bits per heavy atom. The van der Waals surface area contributed by atoms with Crippen LogP contribution >= 0.6 is 12.4 Å². The fourth-order valence-corrected chi connectivity index (χ4v) is 2.42. The number of aryl methyl sites for hydroxylation is 1. The minimum atomic E-state index is -4.24. The first-order valence-electron chi connectivity index (χ1n) is 6.47. The highest BCUT2D eigenvalue weighted by molar-refractivity contribution is 5.90. The molecule has 1 unspecified atom stereocenters. The van der Waals surface area contributed by atoms with Gasteiger partial charge in [-0.25, -0.2) is 0 Å². The van der Waals surface area contributed by atoms with Gasteiger partial charge in [0, 0.05) is 6.54 Å². The zero-order valence-corrected chi connectivity index (χ0v) is 12.8. The predicted molar refractivity (Wildman–Crippen MR) is 80.0 cm³/mol. The average Bonchev–Trinajstić information content (AvgIpc) is 2.77. The Labute approximate surface area is 128 Å². The van der Waals surface area contributed by atoms with Crippen molar-refractivity contribution in [2.24, 2.45) is 10.7 Å². The van der Waals surface area contributed by atoms with Crippen LogP contribution in [0.4, 0.5) is 13.2 Å². The highest BCUT2D eigenvalue weighted by Gasteiger charge is 2.35. The molecule has 2 rings (SSSR count). The number of benzene rings is 1. The standard InChI is InChI=1S/C14H18F3N3.ClH/c1-9-4-3-5-11(10(9)2)12(18)13-19-6-7-20(13)8-14(15,16)17;/h3-5,12H,6-8,18H2,1-2H3;1H. The molecule has 1 heterocycles. The topological polar surface area (TPSA) is 41.6 Å². The molecule has 1 aliphatic rings. The summed E-state index contributed by atoms with van der Waals surface area (Å²) in [6, 6.07) is 5.05. The van der Waals surface area contributed by atoms with Crippen LogP contribution in [-0.4, -0.2) is 36.5 Å². The van der Waals surface area contributed by atoms with Crippen LogP contribution in [0.25, 0.3) is 0 Å². The molecule has 1 aliphatic heterocycles. The fourth-order valence-electron chi connectivity index (χ4n) is 2.42. The lowest BCUT2D eigenvalue weighted by atomic mass is 9.97. The minimum absolute atomic E-state index is 0. The van der Waals surface area contributed by atoms with Gasteiger partial charge in [-0.1, -0.05) is 18.2 Å². The fraction of sp³-hybridized carbons (Fsp3) is 0.500. The van der Waals surface area contributed by atoms with E-state index < -0.39 is 18.8 Å². The Balaban J connectivity index is 0.00000220. The molecule has 118 valence electrons. The number of aliphatic imine (C=N–C) groups is 1. The van der Waals surface area contributed by atoms with Gasteiger partial charge in [-0.15, -0.1) is 12.4 Å². The highest BCUT2D eigenvalue weighted by Crippen LogP contribution is 2.25. The summed E-state index contributed by atoms with van der Waals surface area (Å²) in [6.07, 6.45) is -4.24. The SMILES string of the molecule is Cc1cccc(C(N)C2=NCCN2CC(F)(F)F)c1C.Cl. The summed E-state index contributed by atoms with van der Waals surface area (Å²) in [7, 11) is 0. The summed E-state index contributed by atoms with van der Waals surface area (Å²) in [5.74, 6) is 0.330. The number of nitrogens with two attached hydrogens (primary N) is 1. The van der Waals surface area contributed by atoms with Gasteiger partial charge < -0.3 is 10.6 Å². The lowest BCUT2D eigenvalue weighted by molar-refractivity contribution is -0.137. The van der Waals surface area contributed by atoms with Crippen molar-refractivity contribution >= 4 is 18.2 Å². The normalized spacial score (nSPS) is 16.5. The average molecular weight is 322 g/mol. The molecule has 0 aromatic heterocycles. The van der Waals surface area contributed by atoms with E-state index in [1.807, 2.05) is 32.0 Å². The largest absolute Gasteiger partial charge is 0.405 e. The maximum Gasteiger partial charge on any atom is 0.405 e. The summed E-state index contributed by atoms with van der Waals surface area (Å²) >= 11 is 0. The molecule has 1 atom stereocenters. The molecule has 0 amide bonds. The van der Waals surface area contributed by atoms with Gasteiger partial charge in [0.1, 0.15) is 12.4 Å². The van der Waals surface area contributed by atoms with Gasteiger partial charge in [-0.05, 0) is 30.5 Å². The lowest BCUT2D eigenvalue weighted by Crippen LogP contribution is -2.41. The number of hydrogen-bond acceptors (Lipinski definition) is 3. The van der Waals surface area contributed by atoms with E-state index in [4.69, 9.17) is 5.73 Å². The van der Waals surface area contributed by atoms with E-state index in [1.165, 1.54) is 4.90 Å². The smallest absolute Gasteiger partial charge is 0.348 e. The predicted octanol–water partition coefficient (Wildman–Crippen LogP) is 3.00. The van der Waals surface area contributed by atoms with E-state index in [2.05, 4.69) is 4.99 Å². The molecule has 0 spiro atoms. The van der Waals surface area contributed by atoms with Crippen molar-refractivity contribution in [3.05, 3.63) is 34.9 Å². The second kappa shape index (κ2) is 6.66. The van der Waals surface area contributed by atoms with E-state index in [0.29, 0.717) is 12.4 Å². The summed E-state index contributed by atoms with van der Waals surface area (Å²) in [6.45, 7) is 3.52. The lowest BCUT2D eigenvalue weighted by Gasteiger charge is -2.26. The molecule has 0 aliphatic carbocycles. The third kappa shape index (κ3) is 4.11. The summed E-state index contributed by atoms with van der Waals surface area (Å²) < 4.78 is 37.7. The van der Waals surface area contributed by atoms with Crippen LogP contribution in [0.3, 0.4) is 0 Å². The molecule has 0 saturated heterocycles. The van der Waals surface area contributed by atoms with Crippen molar-refractivity contribution < 1.29 is 13.2 Å². The van der Waals surface area contributed by atoms with Crippen LogP contribution in [0.1, 0.15) is 22.7 Å². The van der Waals surface area contributed by atoms with Gasteiger partial charge in [0.05, 0.1) is 12.6 Å². The molecule has 21 heavy (non-hydrogen) atoms. The van der Waals surface area contributed by atoms with E-state index >= 15 is 0 Å². The maximum atomic E-state index is 12.6. The van der Waals surface area contributed by atoms with E-state index in [9.17, 15) is 13.2 Å². The molecule has 0 radical (unpaired) electrons. The van der Waals surface area contributed by atoms with Crippen molar-refractivity contribution in [1.29, 1.82) is 0 Å². The number of rotatable bonds is 3. The van der Waals surface area contributed by atoms with Gasteiger partial charge in [0.2, 0.25) is 0 Å². The van der Waals surface area contributed by atoms with Crippen LogP contribution in [0.15, 0.2) is 23.2 Å². The van der Waals surface area contributed by atoms with Crippen LogP contribution in [0.5, 0.6) is 0 Å². The van der Waals surface area contributed by atoms with Crippen molar-refractivity contribution in [3.63, 3.8) is 0 Å². The molecule has 3 nitrogen and oxygen atoms in total. The van der Waals surface area contributed by atoms with Crippen LogP contribution in [0, 0.1) is 13.8 Å². The summed E-state index contributed by atoms with van der Waals surface area (Å²) in [4.78, 5) is 5.39. The van der Waals surface area contributed by atoms with Gasteiger partial charge >= 0.3 is 6.18 Å². The first kappa shape index (κ1) is 17.8. The molecule has 0 bridgehead atoms. The molecular formula is C14H19ClF3N3. The summed E-state index contributed by atoms with van der Waals surface area (Å²) in [5.41, 5.74) is 9.04. The van der Waals surface area contributed by atoms with Crippen LogP contribution in [-0.2, 0) is 0 Å². The molecule has 0 fully saturated rings. The Bertz CT molecular complexity index is 529. The van der Waals surface area contributed by atoms with Crippen molar-refractivity contribution in [2.45, 2.75) is 26.1 Å². The Kier molecular flexibility index (Phi) is 5.64. The number of halogens is 4. The van der Waals surface area contributed by atoms with Gasteiger partial charge in [0.25, 0.3) is 0 Å². The highest BCUT2D eigenvalue weighted by atomic mass is 35.5. The Morgan fingerprint density at radius 1 is 1.33 bits per heavy atom. The summed E-state index contributed by atoms with van der Waals surface area (Å²) in [5, 5.41) is 0. The molecule has 1 aromatic rings. The molecule has 0 saturated carbocycles. The zero-order chi connectivity index (χ0) is 14.9. The van der Waals surface area contributed by atoms with Crippen LogP contribution < -0.4 is 5.73 Å². The van der Waals surface area contributed by atoms with E-state index in [0.717, 1.165) is 16.7 Å². The van der Waals surface area contributed by atoms with Crippen molar-refractivity contribution in [1.82, 2.24) is 4.90 Å². The third-order valence-corrected chi connectivity index (χ3v) is 3.60. The third-order valence-electron chi connectivity index (χ3n) is 3.60. The second-order valence-electron chi connectivity index (χ2n) is 5.04. The monoisotopic (exact) mass is 321 g/mol. The molecular weight excluding hydrogens is 303 g/mol. The first-order valence-corrected chi connectivity index (χ1v) is 6.47. The second-order valence-corrected chi connectivity index (χ2v) is 5.04. The molecule has 2 N–H and O–H groups in total. The van der Waals surface area contributed by atoms with Crippen molar-refractivity contribution in [3.8, 4) is 0 Å². The quantitative estimate of drug-likeness (QED) is 0.930. The Morgan fingerprint density at radius 2 is 2.00 bits per heavy atom. The van der Waals surface area contributed by atoms with E-state index in [1.54, 1.807) is 0 Å². The number of nitrogens with zero attached hydrogens (tertiary/aromatic N) is 2. The first-order chi connectivity index (χ1) is 9.29. The van der Waals surface area contributed by atoms with Gasteiger partial charge in [-0.2, -0.15) is 13.2 Å². The van der Waals surface area contributed by atoms with Gasteiger partial charge in [-0.3, -0.25) is 4.99 Å². The van der Waals surface area contributed by atoms with Crippen molar-refractivity contribution in [2.75, 3.05) is 19.6 Å². The van der Waals surface area contributed by atoms with Gasteiger partial charge in [0.15, 0.2) is 0 Å². The molecule has 1 aromatic carbocycles. The maximum absolute atomic E-state index is 12.6. The number of alkyl halides is 3. The number of hydrogen-bond donors (Lipinski definition) is 1. The Hall–Kier alpha value is -1.27. The van der Waals surface area contributed by atoms with E-state index in [-0.39, 0.29) is 19.0 Å². The minimum Gasteiger partial charge on any atom is -0.348 e. The molecule has 7 heteroatoms.